The van der Waals surface area contributed by atoms with E-state index in [1.54, 1.807) is 24.3 Å². The molecule has 0 spiro atoms. The number of anilines is 1. The Morgan fingerprint density at radius 2 is 1.95 bits per heavy atom. The Morgan fingerprint density at radius 1 is 1.32 bits per heavy atom. The minimum atomic E-state index is -3.75. The fraction of sp³-hybridized carbons (Fsp3) is 0.167. The summed E-state index contributed by atoms with van der Waals surface area (Å²) in [6.07, 6.45) is 0. The van der Waals surface area contributed by atoms with E-state index >= 15 is 0 Å². The van der Waals surface area contributed by atoms with Crippen LogP contribution in [0.4, 0.5) is 5.69 Å². The lowest BCUT2D eigenvalue weighted by atomic mass is 10.2. The van der Waals surface area contributed by atoms with E-state index in [0.29, 0.717) is 5.69 Å². The zero-order valence-corrected chi connectivity index (χ0v) is 12.5. The van der Waals surface area contributed by atoms with Crippen LogP contribution >= 0.6 is 15.9 Å². The number of aryl methyl sites for hydroxylation is 1. The molecule has 0 fully saturated rings. The van der Waals surface area contributed by atoms with E-state index in [1.165, 1.54) is 6.07 Å². The van der Waals surface area contributed by atoms with Crippen molar-refractivity contribution in [2.45, 2.75) is 18.4 Å². The molecule has 1 aromatic carbocycles. The first-order valence-corrected chi connectivity index (χ1v) is 7.68. The van der Waals surface area contributed by atoms with Crippen molar-refractivity contribution in [2.24, 2.45) is 0 Å². The number of aliphatic hydroxyl groups is 1. The predicted molar refractivity (Wildman–Crippen MR) is 74.3 cm³/mol. The van der Waals surface area contributed by atoms with Gasteiger partial charge in [-0.15, -0.1) is 0 Å². The van der Waals surface area contributed by atoms with Crippen LogP contribution in [-0.2, 0) is 16.6 Å². The minimum Gasteiger partial charge on any atom is -0.450 e. The lowest BCUT2D eigenvalue weighted by Crippen LogP contribution is -2.12. The van der Waals surface area contributed by atoms with E-state index in [4.69, 9.17) is 9.52 Å². The van der Waals surface area contributed by atoms with Gasteiger partial charge in [-0.2, -0.15) is 0 Å². The number of aliphatic hydroxyl groups excluding tert-OH is 1. The molecule has 1 aromatic heterocycles. The molecule has 2 aromatic rings. The Hall–Kier alpha value is -1.31. The van der Waals surface area contributed by atoms with Gasteiger partial charge in [0.25, 0.3) is 10.0 Å². The van der Waals surface area contributed by atoms with Gasteiger partial charge in [-0.3, -0.25) is 4.72 Å². The summed E-state index contributed by atoms with van der Waals surface area (Å²) in [5, 5.41) is 8.93. The molecule has 0 saturated heterocycles. The summed E-state index contributed by atoms with van der Waals surface area (Å²) in [4.78, 5) is -0.0443. The number of furan rings is 1. The van der Waals surface area contributed by atoms with Crippen LogP contribution in [0.15, 0.2) is 44.3 Å². The Balaban J connectivity index is 2.31. The van der Waals surface area contributed by atoms with Crippen LogP contribution in [0.25, 0.3) is 0 Å². The number of halogens is 1. The first-order valence-electron chi connectivity index (χ1n) is 5.41. The Kier molecular flexibility index (Phi) is 3.98. The van der Waals surface area contributed by atoms with Crippen LogP contribution in [0.1, 0.15) is 11.3 Å². The third-order valence-corrected chi connectivity index (χ3v) is 4.69. The van der Waals surface area contributed by atoms with Crippen LogP contribution in [0, 0.1) is 6.92 Å². The second kappa shape index (κ2) is 5.36. The summed E-state index contributed by atoms with van der Waals surface area (Å²) in [6.45, 7) is 1.55. The molecule has 1 heterocycles. The molecular formula is C12H12BrNO4S. The molecule has 0 aliphatic carbocycles. The van der Waals surface area contributed by atoms with Gasteiger partial charge in [0, 0.05) is 11.8 Å². The maximum Gasteiger partial charge on any atom is 0.266 e. The quantitative estimate of drug-likeness (QED) is 0.892. The van der Waals surface area contributed by atoms with E-state index in [-0.39, 0.29) is 21.9 Å². The molecule has 2 rings (SSSR count). The highest BCUT2D eigenvalue weighted by atomic mass is 79.9. The van der Waals surface area contributed by atoms with Crippen molar-refractivity contribution in [3.63, 3.8) is 0 Å². The highest BCUT2D eigenvalue weighted by Crippen LogP contribution is 2.27. The third-order valence-electron chi connectivity index (χ3n) is 2.46. The number of hydrogen-bond acceptors (Lipinski definition) is 4. The maximum atomic E-state index is 12.2. The largest absolute Gasteiger partial charge is 0.450 e. The van der Waals surface area contributed by atoms with Crippen molar-refractivity contribution in [1.29, 1.82) is 0 Å². The summed E-state index contributed by atoms with van der Waals surface area (Å²) >= 11 is 3.02. The van der Waals surface area contributed by atoms with Gasteiger partial charge >= 0.3 is 0 Å². The molecular weight excluding hydrogens is 334 g/mol. The summed E-state index contributed by atoms with van der Waals surface area (Å²) in [5.41, 5.74) is 1.50. The molecule has 0 unspecified atom stereocenters. The standard InChI is InChI=1S/C12H12BrNO4S/c1-8-2-4-9(5-3-8)14-19(16,17)11-6-10(7-15)18-12(11)13/h2-6,14-15H,7H2,1H3. The Morgan fingerprint density at radius 3 is 2.47 bits per heavy atom. The molecule has 19 heavy (non-hydrogen) atoms. The molecule has 0 aliphatic heterocycles. The van der Waals surface area contributed by atoms with E-state index in [1.807, 2.05) is 6.92 Å². The van der Waals surface area contributed by atoms with Crippen LogP contribution < -0.4 is 4.72 Å². The highest BCUT2D eigenvalue weighted by molar-refractivity contribution is 9.10. The Labute approximate surface area is 119 Å². The summed E-state index contributed by atoms with van der Waals surface area (Å²) < 4.78 is 31.9. The molecule has 0 saturated carbocycles. The molecule has 0 bridgehead atoms. The van der Waals surface area contributed by atoms with E-state index in [2.05, 4.69) is 20.7 Å². The molecule has 7 heteroatoms. The van der Waals surface area contributed by atoms with Gasteiger partial charge in [-0.1, -0.05) is 17.7 Å². The fourth-order valence-corrected chi connectivity index (χ4v) is 3.55. The number of nitrogens with one attached hydrogen (secondary N) is 1. The molecule has 2 N–H and O–H groups in total. The minimum absolute atomic E-state index is 0.0443. The van der Waals surface area contributed by atoms with Gasteiger partial charge in [0.2, 0.25) is 0 Å². The van der Waals surface area contributed by atoms with Gasteiger partial charge in [0.1, 0.15) is 17.3 Å². The van der Waals surface area contributed by atoms with Crippen LogP contribution in [-0.4, -0.2) is 13.5 Å². The number of sulfonamides is 1. The number of rotatable bonds is 4. The molecule has 0 radical (unpaired) electrons. The van der Waals surface area contributed by atoms with E-state index in [0.717, 1.165) is 5.56 Å². The molecule has 0 aliphatic rings. The van der Waals surface area contributed by atoms with Crippen molar-refractivity contribution >= 4 is 31.6 Å². The summed E-state index contributed by atoms with van der Waals surface area (Å²) in [5.74, 6) is 0.177. The molecule has 0 amide bonds. The monoisotopic (exact) mass is 345 g/mol. The SMILES string of the molecule is Cc1ccc(NS(=O)(=O)c2cc(CO)oc2Br)cc1. The topological polar surface area (TPSA) is 79.5 Å². The van der Waals surface area contributed by atoms with Crippen molar-refractivity contribution in [3.05, 3.63) is 46.3 Å². The van der Waals surface area contributed by atoms with Gasteiger partial charge in [0.15, 0.2) is 4.67 Å². The van der Waals surface area contributed by atoms with Crippen LogP contribution in [0.3, 0.4) is 0 Å². The lowest BCUT2D eigenvalue weighted by molar-refractivity contribution is 0.245. The van der Waals surface area contributed by atoms with Gasteiger partial charge in [0.05, 0.1) is 0 Å². The second-order valence-electron chi connectivity index (χ2n) is 3.98. The first kappa shape index (κ1) is 14.1. The zero-order valence-electron chi connectivity index (χ0n) is 10.1. The van der Waals surface area contributed by atoms with Gasteiger partial charge in [-0.05, 0) is 35.0 Å². The maximum absolute atomic E-state index is 12.2. The molecule has 102 valence electrons. The van der Waals surface area contributed by atoms with Crippen molar-refractivity contribution in [1.82, 2.24) is 0 Å². The average molecular weight is 346 g/mol. The molecule has 5 nitrogen and oxygen atoms in total. The average Bonchev–Trinajstić information content (AvgIpc) is 2.74. The fourth-order valence-electron chi connectivity index (χ4n) is 1.49. The van der Waals surface area contributed by atoms with Crippen LogP contribution in [0.5, 0.6) is 0 Å². The van der Waals surface area contributed by atoms with E-state index < -0.39 is 10.0 Å². The smallest absolute Gasteiger partial charge is 0.266 e. The third kappa shape index (κ3) is 3.17. The van der Waals surface area contributed by atoms with Crippen LogP contribution in [0.2, 0.25) is 0 Å². The predicted octanol–water partition coefficient (Wildman–Crippen LogP) is 2.64. The summed E-state index contributed by atoms with van der Waals surface area (Å²) in [6, 6.07) is 8.24. The first-order chi connectivity index (χ1) is 8.92. The molecule has 0 atom stereocenters. The van der Waals surface area contributed by atoms with Crippen molar-refractivity contribution in [2.75, 3.05) is 4.72 Å². The second-order valence-corrected chi connectivity index (χ2v) is 6.35. The number of benzene rings is 1. The Bertz CT molecular complexity index is 676. The zero-order chi connectivity index (χ0) is 14.0. The van der Waals surface area contributed by atoms with Crippen molar-refractivity contribution < 1.29 is 17.9 Å². The summed E-state index contributed by atoms with van der Waals surface area (Å²) in [7, 11) is -3.75. The van der Waals surface area contributed by atoms with Gasteiger partial charge < -0.3 is 9.52 Å². The number of hydrogen-bond donors (Lipinski definition) is 2. The highest BCUT2D eigenvalue weighted by Gasteiger charge is 2.22. The lowest BCUT2D eigenvalue weighted by Gasteiger charge is -2.06. The normalized spacial score (nSPS) is 11.5. The van der Waals surface area contributed by atoms with Gasteiger partial charge in [-0.25, -0.2) is 8.42 Å². The van der Waals surface area contributed by atoms with Crippen molar-refractivity contribution in [3.8, 4) is 0 Å². The van der Waals surface area contributed by atoms with E-state index in [9.17, 15) is 8.42 Å².